The number of aromatic nitrogens is 3. The van der Waals surface area contributed by atoms with Crippen LogP contribution in [0.25, 0.3) is 0 Å². The molecule has 0 aliphatic carbocycles. The molecule has 7 heteroatoms. The third-order valence-corrected chi connectivity index (χ3v) is 5.72. The van der Waals surface area contributed by atoms with Crippen molar-refractivity contribution >= 4 is 11.8 Å². The van der Waals surface area contributed by atoms with E-state index < -0.39 is 0 Å². The highest BCUT2D eigenvalue weighted by molar-refractivity contribution is 7.98. The van der Waals surface area contributed by atoms with Crippen LogP contribution in [0.5, 0.6) is 11.5 Å². The number of benzene rings is 1. The minimum atomic E-state index is 0.309. The van der Waals surface area contributed by atoms with Crippen LogP contribution in [-0.2, 0) is 12.8 Å². The topological polar surface area (TPSA) is 52.4 Å². The molecule has 2 aliphatic rings. The second kappa shape index (κ2) is 7.88. The summed E-state index contributed by atoms with van der Waals surface area (Å²) in [4.78, 5) is 7.27. The molecule has 0 bridgehead atoms. The summed E-state index contributed by atoms with van der Waals surface area (Å²) in [6, 6.07) is 6.61. The van der Waals surface area contributed by atoms with E-state index in [0.29, 0.717) is 12.8 Å². The van der Waals surface area contributed by atoms with Gasteiger partial charge in [-0.2, -0.15) is 16.9 Å². The Labute approximate surface area is 158 Å². The fraction of sp³-hybridized carbons (Fsp3) is 0.579. The first-order valence-electron chi connectivity index (χ1n) is 9.23. The van der Waals surface area contributed by atoms with Crippen LogP contribution in [0.15, 0.2) is 18.2 Å². The molecule has 0 unspecified atom stereocenters. The Kier molecular flexibility index (Phi) is 5.36. The number of ether oxygens (including phenoxy) is 2. The lowest BCUT2D eigenvalue weighted by atomic mass is 10.1. The van der Waals surface area contributed by atoms with Crippen molar-refractivity contribution in [2.24, 2.45) is 0 Å². The summed E-state index contributed by atoms with van der Waals surface area (Å²) in [5.41, 5.74) is 1.19. The van der Waals surface area contributed by atoms with Crippen LogP contribution in [0.1, 0.15) is 36.1 Å². The van der Waals surface area contributed by atoms with Crippen molar-refractivity contribution in [3.8, 4) is 11.5 Å². The number of piperidine rings is 1. The summed E-state index contributed by atoms with van der Waals surface area (Å²) in [5, 5.41) is 4.88. The molecule has 1 fully saturated rings. The molecule has 0 amide bonds. The van der Waals surface area contributed by atoms with Crippen molar-refractivity contribution in [1.29, 1.82) is 0 Å². The molecule has 1 saturated heterocycles. The minimum Gasteiger partial charge on any atom is -0.454 e. The molecule has 0 N–H and O–H groups in total. The lowest BCUT2D eigenvalue weighted by Crippen LogP contribution is -2.32. The summed E-state index contributed by atoms with van der Waals surface area (Å²) in [5.74, 6) is 4.74. The third kappa shape index (κ3) is 3.83. The highest BCUT2D eigenvalue weighted by Gasteiger charge is 2.23. The largest absolute Gasteiger partial charge is 0.454 e. The van der Waals surface area contributed by atoms with E-state index in [1.165, 1.54) is 5.56 Å². The number of thioether (sulfide) groups is 1. The first-order chi connectivity index (χ1) is 12.7. The molecule has 26 heavy (non-hydrogen) atoms. The molecule has 140 valence electrons. The van der Waals surface area contributed by atoms with Gasteiger partial charge < -0.3 is 14.4 Å². The van der Waals surface area contributed by atoms with E-state index in [1.807, 2.05) is 17.8 Å². The van der Waals surface area contributed by atoms with Gasteiger partial charge in [0.15, 0.2) is 17.3 Å². The molecule has 0 atom stereocenters. The zero-order chi connectivity index (χ0) is 17.9. The highest BCUT2D eigenvalue weighted by atomic mass is 32.2. The molecule has 2 aliphatic heterocycles. The number of likely N-dealkylation sites (tertiary alicyclic amines) is 1. The molecular formula is C19H26N4O2S. The second-order valence-corrected chi connectivity index (χ2v) is 8.02. The third-order valence-electron chi connectivity index (χ3n) is 5.11. The second-order valence-electron chi connectivity index (χ2n) is 7.03. The maximum Gasteiger partial charge on any atom is 0.231 e. The zero-order valence-corrected chi connectivity index (χ0v) is 16.3. The van der Waals surface area contributed by atoms with Gasteiger partial charge in [0.2, 0.25) is 6.79 Å². The molecule has 0 saturated carbocycles. The minimum absolute atomic E-state index is 0.309. The van der Waals surface area contributed by atoms with Gasteiger partial charge in [-0.1, -0.05) is 6.07 Å². The Morgan fingerprint density at radius 3 is 2.81 bits per heavy atom. The fourth-order valence-corrected chi connectivity index (χ4v) is 3.98. The summed E-state index contributed by atoms with van der Waals surface area (Å²) < 4.78 is 13.1. The van der Waals surface area contributed by atoms with Gasteiger partial charge in [0, 0.05) is 18.6 Å². The fourth-order valence-electron chi connectivity index (χ4n) is 3.59. The number of rotatable bonds is 6. The summed E-state index contributed by atoms with van der Waals surface area (Å²) >= 11 is 1.84. The van der Waals surface area contributed by atoms with Crippen LogP contribution in [0.3, 0.4) is 0 Å². The Bertz CT molecular complexity index is 756. The first-order valence-corrected chi connectivity index (χ1v) is 10.6. The molecule has 4 rings (SSSR count). The molecule has 3 heterocycles. The van der Waals surface area contributed by atoms with E-state index in [0.717, 1.165) is 67.7 Å². The first kappa shape index (κ1) is 17.7. The molecule has 1 aromatic carbocycles. The molecule has 2 aromatic rings. The maximum absolute atomic E-state index is 5.52. The SMILES string of the molecule is CSCCc1nc(Cc2ccc3c(c2)OCO3)n(C2CCN(C)CC2)n1. The van der Waals surface area contributed by atoms with E-state index in [4.69, 9.17) is 19.6 Å². The van der Waals surface area contributed by atoms with Crippen LogP contribution < -0.4 is 9.47 Å². The van der Waals surface area contributed by atoms with Crippen molar-refractivity contribution in [2.75, 3.05) is 38.9 Å². The maximum atomic E-state index is 5.52. The van der Waals surface area contributed by atoms with Gasteiger partial charge in [-0.3, -0.25) is 0 Å². The van der Waals surface area contributed by atoms with E-state index in [1.54, 1.807) is 0 Å². The van der Waals surface area contributed by atoms with Crippen molar-refractivity contribution in [3.63, 3.8) is 0 Å². The van der Waals surface area contributed by atoms with Gasteiger partial charge >= 0.3 is 0 Å². The summed E-state index contributed by atoms with van der Waals surface area (Å²) in [6.45, 7) is 2.55. The quantitative estimate of drug-likeness (QED) is 0.775. The van der Waals surface area contributed by atoms with E-state index in [9.17, 15) is 0 Å². The van der Waals surface area contributed by atoms with Crippen LogP contribution in [0, 0.1) is 0 Å². The summed E-state index contributed by atoms with van der Waals surface area (Å²) in [6.07, 6.45) is 6.09. The van der Waals surface area contributed by atoms with Gasteiger partial charge in [0.25, 0.3) is 0 Å². The Morgan fingerprint density at radius 1 is 1.19 bits per heavy atom. The lowest BCUT2D eigenvalue weighted by Gasteiger charge is -2.29. The van der Waals surface area contributed by atoms with E-state index in [2.05, 4.69) is 35.0 Å². The van der Waals surface area contributed by atoms with Gasteiger partial charge in [0.1, 0.15) is 5.82 Å². The number of hydrogen-bond acceptors (Lipinski definition) is 6. The molecule has 1 aromatic heterocycles. The molecular weight excluding hydrogens is 348 g/mol. The number of nitrogens with zero attached hydrogens (tertiary/aromatic N) is 4. The Hall–Kier alpha value is -1.73. The molecule has 0 spiro atoms. The van der Waals surface area contributed by atoms with Crippen molar-refractivity contribution in [3.05, 3.63) is 35.4 Å². The van der Waals surface area contributed by atoms with Crippen molar-refractivity contribution in [1.82, 2.24) is 19.7 Å². The average molecular weight is 375 g/mol. The smallest absolute Gasteiger partial charge is 0.231 e. The van der Waals surface area contributed by atoms with Crippen LogP contribution in [0.4, 0.5) is 0 Å². The predicted octanol–water partition coefficient (Wildman–Crippen LogP) is 2.77. The van der Waals surface area contributed by atoms with Gasteiger partial charge in [-0.15, -0.1) is 0 Å². The highest BCUT2D eigenvalue weighted by Crippen LogP contribution is 2.33. The number of hydrogen-bond donors (Lipinski definition) is 0. The van der Waals surface area contributed by atoms with E-state index >= 15 is 0 Å². The summed E-state index contributed by atoms with van der Waals surface area (Å²) in [7, 11) is 2.19. The number of aryl methyl sites for hydroxylation is 1. The predicted molar refractivity (Wildman–Crippen MR) is 103 cm³/mol. The van der Waals surface area contributed by atoms with E-state index in [-0.39, 0.29) is 0 Å². The van der Waals surface area contributed by atoms with Crippen LogP contribution in [-0.4, -0.2) is 58.6 Å². The Balaban J connectivity index is 1.57. The average Bonchev–Trinajstić information content (AvgIpc) is 3.27. The van der Waals surface area contributed by atoms with Crippen LogP contribution in [0.2, 0.25) is 0 Å². The zero-order valence-electron chi connectivity index (χ0n) is 15.5. The monoisotopic (exact) mass is 374 g/mol. The molecule has 0 radical (unpaired) electrons. The van der Waals surface area contributed by atoms with Gasteiger partial charge in [-0.25, -0.2) is 9.67 Å². The van der Waals surface area contributed by atoms with Crippen LogP contribution >= 0.6 is 11.8 Å². The molecule has 6 nitrogen and oxygen atoms in total. The van der Waals surface area contributed by atoms with Gasteiger partial charge in [0.05, 0.1) is 6.04 Å². The van der Waals surface area contributed by atoms with Gasteiger partial charge in [-0.05, 0) is 56.9 Å². The lowest BCUT2D eigenvalue weighted by molar-refractivity contribution is 0.174. The van der Waals surface area contributed by atoms with Crippen molar-refractivity contribution < 1.29 is 9.47 Å². The normalized spacial score (nSPS) is 17.8. The number of fused-ring (bicyclic) bond motifs is 1. The standard InChI is InChI=1S/C19H26N4O2S/c1-22-8-5-15(6-9-22)23-19(20-18(21-23)7-10-26-2)12-14-3-4-16-17(11-14)25-13-24-16/h3-4,11,15H,5-10,12-13H2,1-2H3. The van der Waals surface area contributed by atoms with Crippen molar-refractivity contribution in [2.45, 2.75) is 31.7 Å². The Morgan fingerprint density at radius 2 is 2.00 bits per heavy atom.